The molecule has 2 aromatic rings. The number of hydrogen-bond acceptors (Lipinski definition) is 4. The van der Waals surface area contributed by atoms with Gasteiger partial charge in [0.25, 0.3) is 23.6 Å². The van der Waals surface area contributed by atoms with Gasteiger partial charge in [0.05, 0.1) is 0 Å². The Kier molecular flexibility index (Phi) is 8.02. The van der Waals surface area contributed by atoms with Gasteiger partial charge in [0.15, 0.2) is 0 Å². The van der Waals surface area contributed by atoms with Gasteiger partial charge in [-0.1, -0.05) is 58.8 Å². The molecule has 0 atom stereocenters. The van der Waals surface area contributed by atoms with Gasteiger partial charge in [-0.2, -0.15) is 0 Å². The Balaban J connectivity index is 1.20. The molecular weight excluding hydrogens is 512 g/mol. The third-order valence-corrected chi connectivity index (χ3v) is 10.5. The Morgan fingerprint density at radius 3 is 1.39 bits per heavy atom. The van der Waals surface area contributed by atoms with Crippen LogP contribution in [0.25, 0.3) is 10.8 Å². The van der Waals surface area contributed by atoms with Crippen LogP contribution < -0.4 is 0 Å². The predicted molar refractivity (Wildman–Crippen MR) is 160 cm³/mol. The van der Waals surface area contributed by atoms with Crippen molar-refractivity contribution in [3.8, 4) is 0 Å². The van der Waals surface area contributed by atoms with Crippen molar-refractivity contribution in [2.24, 2.45) is 11.8 Å². The van der Waals surface area contributed by atoms with Crippen molar-refractivity contribution < 1.29 is 19.2 Å². The van der Waals surface area contributed by atoms with Gasteiger partial charge in [0.2, 0.25) is 0 Å². The lowest BCUT2D eigenvalue weighted by Gasteiger charge is -2.40. The number of amides is 4. The van der Waals surface area contributed by atoms with Crippen LogP contribution in [-0.2, 0) is 0 Å². The SMILES string of the molecule is CCCCCCCCC1CCC(N2C(=O)c3ccc4c5c(ccc(c35)C2=O)C(=O)N(C2CCC(C)CC2)C4=O)CC1. The highest BCUT2D eigenvalue weighted by atomic mass is 16.2. The molecule has 2 aromatic carbocycles. The van der Waals surface area contributed by atoms with E-state index in [0.717, 1.165) is 51.4 Å². The molecule has 0 N–H and O–H groups in total. The second-order valence-corrected chi connectivity index (χ2v) is 13.2. The zero-order valence-electron chi connectivity index (χ0n) is 24.8. The molecule has 218 valence electrons. The summed E-state index contributed by atoms with van der Waals surface area (Å²) in [6, 6.07) is 6.65. The lowest BCUT2D eigenvalue weighted by molar-refractivity contribution is 0.0463. The standard InChI is InChI=1S/C35H44N2O4/c1-3-4-5-6-7-8-9-23-12-16-25(17-13-23)37-34(40)28-20-18-26-30-27(19-21-29(31(28)30)35(37)41)33(39)36(32(26)38)24-14-10-22(2)11-15-24/h18-25H,3-17H2,1-2H3. The third kappa shape index (κ3) is 5.02. The minimum atomic E-state index is -0.295. The predicted octanol–water partition coefficient (Wildman–Crippen LogP) is 7.92. The summed E-state index contributed by atoms with van der Waals surface area (Å²) < 4.78 is 0. The van der Waals surface area contributed by atoms with Gasteiger partial charge in [0, 0.05) is 45.1 Å². The monoisotopic (exact) mass is 556 g/mol. The average molecular weight is 557 g/mol. The van der Waals surface area contributed by atoms with E-state index in [1.165, 1.54) is 54.7 Å². The summed E-state index contributed by atoms with van der Waals surface area (Å²) in [5.74, 6) is 0.130. The summed E-state index contributed by atoms with van der Waals surface area (Å²) in [5.41, 5.74) is 1.75. The van der Waals surface area contributed by atoms with Crippen LogP contribution in [0.3, 0.4) is 0 Å². The number of nitrogens with zero attached hydrogens (tertiary/aromatic N) is 2. The molecule has 0 unspecified atom stereocenters. The van der Waals surface area contributed by atoms with Crippen LogP contribution in [-0.4, -0.2) is 45.5 Å². The largest absolute Gasteiger partial charge is 0.271 e. The van der Waals surface area contributed by atoms with Crippen molar-refractivity contribution in [1.82, 2.24) is 9.80 Å². The first kappa shape index (κ1) is 28.1. The number of rotatable bonds is 9. The first-order valence-corrected chi connectivity index (χ1v) is 16.3. The highest BCUT2D eigenvalue weighted by Crippen LogP contribution is 2.42. The number of imide groups is 2. The maximum absolute atomic E-state index is 13.9. The molecule has 6 heteroatoms. The maximum atomic E-state index is 13.9. The summed E-state index contributed by atoms with van der Waals surface area (Å²) in [5, 5.41) is 0.973. The molecule has 2 saturated carbocycles. The lowest BCUT2D eigenvalue weighted by Crippen LogP contribution is -2.50. The van der Waals surface area contributed by atoms with Crippen molar-refractivity contribution >= 4 is 34.4 Å². The van der Waals surface area contributed by atoms with Gasteiger partial charge < -0.3 is 0 Å². The number of carbonyl (C=O) groups is 4. The molecule has 0 aromatic heterocycles. The fourth-order valence-corrected chi connectivity index (χ4v) is 7.98. The van der Waals surface area contributed by atoms with Gasteiger partial charge in [-0.15, -0.1) is 0 Å². The van der Waals surface area contributed by atoms with Gasteiger partial charge in [-0.3, -0.25) is 29.0 Å². The number of benzene rings is 2. The van der Waals surface area contributed by atoms with E-state index < -0.39 is 0 Å². The zero-order chi connectivity index (χ0) is 28.7. The first-order valence-electron chi connectivity index (χ1n) is 16.3. The van der Waals surface area contributed by atoms with Crippen LogP contribution in [0.1, 0.15) is 152 Å². The van der Waals surface area contributed by atoms with E-state index in [1.54, 1.807) is 24.3 Å². The Labute approximate surface area is 243 Å². The molecule has 4 amide bonds. The van der Waals surface area contributed by atoms with E-state index in [0.29, 0.717) is 44.9 Å². The zero-order valence-corrected chi connectivity index (χ0v) is 24.8. The van der Waals surface area contributed by atoms with Crippen LogP contribution in [0, 0.1) is 11.8 Å². The number of unbranched alkanes of at least 4 members (excludes halogenated alkanes) is 5. The minimum Gasteiger partial charge on any atom is -0.271 e. The molecule has 6 nitrogen and oxygen atoms in total. The van der Waals surface area contributed by atoms with Crippen molar-refractivity contribution in [2.75, 3.05) is 0 Å². The summed E-state index contributed by atoms with van der Waals surface area (Å²) in [6.07, 6.45) is 16.5. The van der Waals surface area contributed by atoms with E-state index in [1.807, 2.05) is 0 Å². The van der Waals surface area contributed by atoms with E-state index in [9.17, 15) is 19.2 Å². The quantitative estimate of drug-likeness (QED) is 0.232. The molecule has 2 aliphatic carbocycles. The average Bonchev–Trinajstić information content (AvgIpc) is 2.98. The van der Waals surface area contributed by atoms with E-state index in [-0.39, 0.29) is 35.7 Å². The van der Waals surface area contributed by atoms with Crippen LogP contribution in [0.15, 0.2) is 24.3 Å². The summed E-state index contributed by atoms with van der Waals surface area (Å²) in [7, 11) is 0. The van der Waals surface area contributed by atoms with Crippen LogP contribution in [0.4, 0.5) is 0 Å². The molecule has 0 saturated heterocycles. The molecule has 2 heterocycles. The molecular formula is C35H44N2O4. The molecule has 2 fully saturated rings. The summed E-state index contributed by atoms with van der Waals surface area (Å²) in [4.78, 5) is 58.0. The molecule has 4 aliphatic rings. The number of hydrogen-bond donors (Lipinski definition) is 0. The number of carbonyl (C=O) groups excluding carboxylic acids is 4. The Hall–Kier alpha value is -3.02. The molecule has 0 bridgehead atoms. The highest BCUT2D eigenvalue weighted by Gasteiger charge is 2.44. The van der Waals surface area contributed by atoms with E-state index >= 15 is 0 Å². The minimum absolute atomic E-state index is 0.0984. The van der Waals surface area contributed by atoms with Crippen molar-refractivity contribution in [3.63, 3.8) is 0 Å². The molecule has 2 aliphatic heterocycles. The highest BCUT2D eigenvalue weighted by molar-refractivity contribution is 6.33. The van der Waals surface area contributed by atoms with E-state index in [4.69, 9.17) is 0 Å². The normalized spacial score (nSPS) is 26.3. The molecule has 6 rings (SSSR count). The van der Waals surface area contributed by atoms with Crippen LogP contribution in [0.5, 0.6) is 0 Å². The molecule has 0 spiro atoms. The second kappa shape index (κ2) is 11.7. The Morgan fingerprint density at radius 1 is 0.561 bits per heavy atom. The van der Waals surface area contributed by atoms with Crippen molar-refractivity contribution in [2.45, 2.75) is 122 Å². The van der Waals surface area contributed by atoms with Gasteiger partial charge in [0.1, 0.15) is 0 Å². The van der Waals surface area contributed by atoms with Gasteiger partial charge >= 0.3 is 0 Å². The Bertz CT molecular complexity index is 1290. The van der Waals surface area contributed by atoms with Crippen LogP contribution in [0.2, 0.25) is 0 Å². The van der Waals surface area contributed by atoms with Crippen molar-refractivity contribution in [1.29, 1.82) is 0 Å². The molecule has 41 heavy (non-hydrogen) atoms. The molecule has 0 radical (unpaired) electrons. The summed E-state index contributed by atoms with van der Waals surface area (Å²) >= 11 is 0. The fourth-order valence-electron chi connectivity index (χ4n) is 7.98. The van der Waals surface area contributed by atoms with Gasteiger partial charge in [-0.25, -0.2) is 0 Å². The van der Waals surface area contributed by atoms with Crippen molar-refractivity contribution in [3.05, 3.63) is 46.5 Å². The van der Waals surface area contributed by atoms with Gasteiger partial charge in [-0.05, 0) is 87.5 Å². The maximum Gasteiger partial charge on any atom is 0.261 e. The topological polar surface area (TPSA) is 74.8 Å². The Morgan fingerprint density at radius 2 is 0.951 bits per heavy atom. The summed E-state index contributed by atoms with van der Waals surface area (Å²) in [6.45, 7) is 4.46. The lowest BCUT2D eigenvalue weighted by atomic mass is 9.80. The van der Waals surface area contributed by atoms with Crippen LogP contribution >= 0.6 is 0 Å². The third-order valence-electron chi connectivity index (χ3n) is 10.5. The first-order chi connectivity index (χ1) is 19.9. The van der Waals surface area contributed by atoms with E-state index in [2.05, 4.69) is 13.8 Å². The second-order valence-electron chi connectivity index (χ2n) is 13.2. The smallest absolute Gasteiger partial charge is 0.261 e. The fraction of sp³-hybridized carbons (Fsp3) is 0.600.